The Bertz CT molecular complexity index is 1190. The van der Waals surface area contributed by atoms with Gasteiger partial charge < -0.3 is 19.3 Å². The predicted molar refractivity (Wildman–Crippen MR) is 122 cm³/mol. The first-order valence-corrected chi connectivity index (χ1v) is 10.9. The Morgan fingerprint density at radius 3 is 2.55 bits per heavy atom. The molecule has 1 N–H and O–H groups in total. The molecule has 1 aliphatic rings. The summed E-state index contributed by atoms with van der Waals surface area (Å²) in [4.78, 5) is 13.0. The summed E-state index contributed by atoms with van der Waals surface area (Å²) >= 11 is 0. The van der Waals surface area contributed by atoms with Gasteiger partial charge in [0.05, 0.1) is 0 Å². The highest BCUT2D eigenvalue weighted by Crippen LogP contribution is 2.29. The Balaban J connectivity index is 1.11. The van der Waals surface area contributed by atoms with E-state index in [1.54, 1.807) is 18.5 Å². The second-order valence-corrected chi connectivity index (χ2v) is 8.00. The summed E-state index contributed by atoms with van der Waals surface area (Å²) in [5.74, 6) is 1.04. The third-order valence-electron chi connectivity index (χ3n) is 5.68. The third kappa shape index (κ3) is 4.94. The van der Waals surface area contributed by atoms with Gasteiger partial charge in [-0.2, -0.15) is 0 Å². The molecule has 1 saturated heterocycles. The van der Waals surface area contributed by atoms with Gasteiger partial charge in [0.25, 0.3) is 0 Å². The third-order valence-corrected chi connectivity index (χ3v) is 5.68. The van der Waals surface area contributed by atoms with Gasteiger partial charge in [0.2, 0.25) is 5.95 Å². The molecule has 0 bridgehead atoms. The van der Waals surface area contributed by atoms with Crippen molar-refractivity contribution in [1.82, 2.24) is 20.0 Å². The van der Waals surface area contributed by atoms with Crippen molar-refractivity contribution in [3.63, 3.8) is 0 Å². The maximum absolute atomic E-state index is 13.4. The monoisotopic (exact) mass is 449 g/mol. The van der Waals surface area contributed by atoms with Gasteiger partial charge >= 0.3 is 0 Å². The van der Waals surface area contributed by atoms with Crippen LogP contribution in [-0.2, 0) is 0 Å². The maximum Gasteiger partial charge on any atom is 0.225 e. The number of anilines is 1. The van der Waals surface area contributed by atoms with Crippen molar-refractivity contribution >= 4 is 16.9 Å². The molecule has 1 fully saturated rings. The van der Waals surface area contributed by atoms with Gasteiger partial charge in [-0.1, -0.05) is 5.16 Å². The van der Waals surface area contributed by atoms with Crippen LogP contribution in [0.3, 0.4) is 0 Å². The maximum atomic E-state index is 13.4. The molecule has 170 valence electrons. The van der Waals surface area contributed by atoms with Gasteiger partial charge in [-0.3, -0.25) is 4.90 Å². The normalized spacial score (nSPS) is 15.6. The van der Waals surface area contributed by atoms with Crippen molar-refractivity contribution in [1.29, 1.82) is 0 Å². The SMILES string of the molecule is O[C@H](COc1ccc(-c2noc3cc(F)ccc23)cc1)CN1CCN(c2ncccn2)CC1. The highest BCUT2D eigenvalue weighted by molar-refractivity contribution is 5.91. The summed E-state index contributed by atoms with van der Waals surface area (Å²) in [5.41, 5.74) is 1.90. The minimum Gasteiger partial charge on any atom is -0.491 e. The first-order chi connectivity index (χ1) is 16.2. The van der Waals surface area contributed by atoms with Crippen LogP contribution < -0.4 is 9.64 Å². The molecule has 0 saturated carbocycles. The number of aromatic nitrogens is 3. The van der Waals surface area contributed by atoms with Crippen molar-refractivity contribution in [2.45, 2.75) is 6.10 Å². The van der Waals surface area contributed by atoms with Crippen LogP contribution in [0.1, 0.15) is 0 Å². The Morgan fingerprint density at radius 2 is 1.79 bits per heavy atom. The van der Waals surface area contributed by atoms with E-state index in [2.05, 4.69) is 24.9 Å². The Hall–Kier alpha value is -3.56. The topological polar surface area (TPSA) is 87.8 Å². The first-order valence-electron chi connectivity index (χ1n) is 10.9. The number of aliphatic hydroxyl groups excluding tert-OH is 1. The van der Waals surface area contributed by atoms with Crippen LogP contribution in [0.4, 0.5) is 10.3 Å². The summed E-state index contributed by atoms with van der Waals surface area (Å²) in [6.07, 6.45) is 2.90. The first kappa shape index (κ1) is 21.3. The van der Waals surface area contributed by atoms with E-state index in [-0.39, 0.29) is 12.4 Å². The lowest BCUT2D eigenvalue weighted by molar-refractivity contribution is 0.0662. The summed E-state index contributed by atoms with van der Waals surface area (Å²) in [7, 11) is 0. The Kier molecular flexibility index (Phi) is 6.14. The molecule has 2 aromatic heterocycles. The molecule has 0 spiro atoms. The number of ether oxygens (including phenoxy) is 1. The number of aliphatic hydroxyl groups is 1. The zero-order chi connectivity index (χ0) is 22.6. The summed E-state index contributed by atoms with van der Waals surface area (Å²) in [6, 6.07) is 13.6. The number of hydrogen-bond acceptors (Lipinski definition) is 8. The van der Waals surface area contributed by atoms with E-state index in [0.717, 1.165) is 43.1 Å². The van der Waals surface area contributed by atoms with Gasteiger partial charge in [-0.05, 0) is 42.5 Å². The van der Waals surface area contributed by atoms with Crippen molar-refractivity contribution < 1.29 is 18.8 Å². The molecule has 5 rings (SSSR count). The van der Waals surface area contributed by atoms with E-state index in [1.165, 1.54) is 12.1 Å². The van der Waals surface area contributed by atoms with Crippen molar-refractivity contribution in [3.8, 4) is 17.0 Å². The lowest BCUT2D eigenvalue weighted by atomic mass is 10.1. The summed E-state index contributed by atoms with van der Waals surface area (Å²) in [6.45, 7) is 4.06. The Morgan fingerprint density at radius 1 is 1.03 bits per heavy atom. The fraction of sp³-hybridized carbons (Fsp3) is 0.292. The van der Waals surface area contributed by atoms with Crippen LogP contribution in [0, 0.1) is 5.82 Å². The van der Waals surface area contributed by atoms with Gasteiger partial charge in [-0.15, -0.1) is 0 Å². The molecular weight excluding hydrogens is 425 g/mol. The van der Waals surface area contributed by atoms with Crippen LogP contribution >= 0.6 is 0 Å². The molecule has 9 heteroatoms. The number of benzene rings is 2. The largest absolute Gasteiger partial charge is 0.491 e. The van der Waals surface area contributed by atoms with Gasteiger partial charge in [-0.25, -0.2) is 14.4 Å². The molecule has 1 aliphatic heterocycles. The zero-order valence-electron chi connectivity index (χ0n) is 18.0. The molecule has 8 nitrogen and oxygen atoms in total. The number of piperazine rings is 1. The number of rotatable bonds is 7. The molecule has 2 aromatic carbocycles. The number of halogens is 1. The molecule has 3 heterocycles. The van der Waals surface area contributed by atoms with Crippen LogP contribution in [0.25, 0.3) is 22.2 Å². The van der Waals surface area contributed by atoms with Crippen LogP contribution in [0.2, 0.25) is 0 Å². The van der Waals surface area contributed by atoms with E-state index in [0.29, 0.717) is 23.6 Å². The predicted octanol–water partition coefficient (Wildman–Crippen LogP) is 2.99. The van der Waals surface area contributed by atoms with Crippen molar-refractivity contribution in [3.05, 3.63) is 66.7 Å². The average molecular weight is 449 g/mol. The fourth-order valence-corrected chi connectivity index (χ4v) is 3.96. The number of β-amino-alcohol motifs (C(OH)–C–C–N with tert-alkyl or cyclic N) is 1. The van der Waals surface area contributed by atoms with Crippen molar-refractivity contribution in [2.75, 3.05) is 44.2 Å². The minimum absolute atomic E-state index is 0.202. The lowest BCUT2D eigenvalue weighted by Crippen LogP contribution is -2.49. The fourth-order valence-electron chi connectivity index (χ4n) is 3.96. The average Bonchev–Trinajstić information content (AvgIpc) is 3.27. The van der Waals surface area contributed by atoms with E-state index in [9.17, 15) is 9.50 Å². The number of fused-ring (bicyclic) bond motifs is 1. The molecule has 0 amide bonds. The van der Waals surface area contributed by atoms with E-state index >= 15 is 0 Å². The van der Waals surface area contributed by atoms with E-state index < -0.39 is 6.10 Å². The molecule has 0 radical (unpaired) electrons. The van der Waals surface area contributed by atoms with Crippen LogP contribution in [0.15, 0.2) is 65.4 Å². The molecule has 4 aromatic rings. The van der Waals surface area contributed by atoms with Gasteiger partial charge in [0.1, 0.15) is 30.0 Å². The number of hydrogen-bond donors (Lipinski definition) is 1. The number of nitrogens with zero attached hydrogens (tertiary/aromatic N) is 5. The molecular formula is C24H24FN5O3. The van der Waals surface area contributed by atoms with Gasteiger partial charge in [0.15, 0.2) is 5.58 Å². The summed E-state index contributed by atoms with van der Waals surface area (Å²) < 4.78 is 24.4. The highest BCUT2D eigenvalue weighted by atomic mass is 19.1. The molecule has 1 atom stereocenters. The Labute approximate surface area is 190 Å². The standard InChI is InChI=1S/C24H24FN5O3/c25-18-4-7-21-22(14-18)33-28-23(21)17-2-5-20(6-3-17)32-16-19(31)15-29-10-12-30(13-11-29)24-26-8-1-9-27-24/h1-9,14,19,31H,10-13,15-16H2/t19-/m0/s1. The van der Waals surface area contributed by atoms with E-state index in [4.69, 9.17) is 9.26 Å². The zero-order valence-corrected chi connectivity index (χ0v) is 18.0. The van der Waals surface area contributed by atoms with Crippen LogP contribution in [-0.4, -0.2) is 70.6 Å². The van der Waals surface area contributed by atoms with Gasteiger partial charge in [0, 0.05) is 62.1 Å². The molecule has 0 aliphatic carbocycles. The quantitative estimate of drug-likeness (QED) is 0.461. The second-order valence-electron chi connectivity index (χ2n) is 8.00. The van der Waals surface area contributed by atoms with E-state index in [1.807, 2.05) is 30.3 Å². The summed E-state index contributed by atoms with van der Waals surface area (Å²) in [5, 5.41) is 15.2. The lowest BCUT2D eigenvalue weighted by Gasteiger charge is -2.35. The molecule has 33 heavy (non-hydrogen) atoms. The second kappa shape index (κ2) is 9.51. The van der Waals surface area contributed by atoms with Crippen LogP contribution in [0.5, 0.6) is 5.75 Å². The minimum atomic E-state index is -0.599. The molecule has 0 unspecified atom stereocenters. The van der Waals surface area contributed by atoms with Crippen molar-refractivity contribution in [2.24, 2.45) is 0 Å². The smallest absolute Gasteiger partial charge is 0.225 e. The highest BCUT2D eigenvalue weighted by Gasteiger charge is 2.21.